The van der Waals surface area contributed by atoms with Gasteiger partial charge in [0.2, 0.25) is 0 Å². The van der Waals surface area contributed by atoms with Crippen molar-refractivity contribution in [1.29, 1.82) is 0 Å². The first-order valence-electron chi connectivity index (χ1n) is 9.14. The molecule has 1 aliphatic heterocycles. The van der Waals surface area contributed by atoms with E-state index in [1.165, 1.54) is 77.2 Å². The molecule has 0 saturated carbocycles. The van der Waals surface area contributed by atoms with Crippen LogP contribution in [0.3, 0.4) is 0 Å². The van der Waals surface area contributed by atoms with Gasteiger partial charge in [-0.05, 0) is 39.2 Å². The Morgan fingerprint density at radius 2 is 1.80 bits per heavy atom. The molecule has 0 aromatic rings. The summed E-state index contributed by atoms with van der Waals surface area (Å²) in [5.41, 5.74) is 6.44. The normalized spacial score (nSPS) is 24.3. The number of likely N-dealkylation sites (tertiary alicyclic amines) is 1. The van der Waals surface area contributed by atoms with Gasteiger partial charge in [-0.25, -0.2) is 0 Å². The highest BCUT2D eigenvalue weighted by Gasteiger charge is 2.34. The third kappa shape index (κ3) is 5.37. The molecule has 2 N–H and O–H groups in total. The van der Waals surface area contributed by atoms with E-state index >= 15 is 0 Å². The number of unbranched alkanes of at least 4 members (excludes halogenated alkanes) is 4. The van der Waals surface area contributed by atoms with Crippen LogP contribution in [0.1, 0.15) is 91.4 Å². The fourth-order valence-corrected chi connectivity index (χ4v) is 3.78. The van der Waals surface area contributed by atoms with Crippen molar-refractivity contribution in [3.63, 3.8) is 0 Å². The zero-order valence-corrected chi connectivity index (χ0v) is 14.3. The van der Waals surface area contributed by atoms with Crippen molar-refractivity contribution in [1.82, 2.24) is 4.90 Å². The molecule has 0 aromatic carbocycles. The zero-order valence-electron chi connectivity index (χ0n) is 14.3. The summed E-state index contributed by atoms with van der Waals surface area (Å²) in [6.45, 7) is 9.13. The summed E-state index contributed by atoms with van der Waals surface area (Å²) in [6.07, 6.45) is 15.0. The maximum atomic E-state index is 6.21. The Bertz CT molecular complexity index is 242. The fraction of sp³-hybridized carbons (Fsp3) is 1.00. The lowest BCUT2D eigenvalue weighted by atomic mass is 9.89. The Kier molecular flexibility index (Phi) is 8.79. The van der Waals surface area contributed by atoms with E-state index in [0.717, 1.165) is 12.6 Å². The first-order chi connectivity index (χ1) is 9.68. The van der Waals surface area contributed by atoms with Crippen LogP contribution in [0, 0.1) is 0 Å². The maximum Gasteiger partial charge on any atom is 0.0306 e. The average molecular weight is 283 g/mol. The fourth-order valence-electron chi connectivity index (χ4n) is 3.78. The molecular weight excluding hydrogens is 244 g/mol. The van der Waals surface area contributed by atoms with E-state index in [2.05, 4.69) is 25.7 Å². The molecule has 0 aliphatic carbocycles. The predicted molar refractivity (Wildman–Crippen MR) is 90.1 cm³/mol. The van der Waals surface area contributed by atoms with Gasteiger partial charge in [0.1, 0.15) is 0 Å². The summed E-state index contributed by atoms with van der Waals surface area (Å²) in [7, 11) is 0. The predicted octanol–water partition coefficient (Wildman–Crippen LogP) is 4.72. The van der Waals surface area contributed by atoms with Crippen molar-refractivity contribution in [3.05, 3.63) is 0 Å². The van der Waals surface area contributed by atoms with Crippen molar-refractivity contribution >= 4 is 0 Å². The molecule has 0 radical (unpaired) electrons. The van der Waals surface area contributed by atoms with Gasteiger partial charge in [0.15, 0.2) is 0 Å². The third-order valence-corrected chi connectivity index (χ3v) is 5.30. The molecule has 2 atom stereocenters. The summed E-state index contributed by atoms with van der Waals surface area (Å²) in [4.78, 5) is 2.78. The van der Waals surface area contributed by atoms with Crippen LogP contribution in [-0.2, 0) is 0 Å². The van der Waals surface area contributed by atoms with Crippen LogP contribution in [0.2, 0.25) is 0 Å². The van der Waals surface area contributed by atoms with Gasteiger partial charge in [-0.2, -0.15) is 0 Å². The first kappa shape index (κ1) is 18.0. The van der Waals surface area contributed by atoms with E-state index in [9.17, 15) is 0 Å². The van der Waals surface area contributed by atoms with E-state index in [1.54, 1.807) is 0 Å². The lowest BCUT2D eigenvalue weighted by molar-refractivity contribution is 0.0521. The topological polar surface area (TPSA) is 29.3 Å². The van der Waals surface area contributed by atoms with Gasteiger partial charge in [0, 0.05) is 18.1 Å². The molecule has 1 heterocycles. The second-order valence-electron chi connectivity index (χ2n) is 6.97. The van der Waals surface area contributed by atoms with Gasteiger partial charge >= 0.3 is 0 Å². The van der Waals surface area contributed by atoms with Crippen LogP contribution >= 0.6 is 0 Å². The minimum Gasteiger partial charge on any atom is -0.329 e. The molecule has 0 bridgehead atoms. The smallest absolute Gasteiger partial charge is 0.0306 e. The molecule has 120 valence electrons. The van der Waals surface area contributed by atoms with E-state index in [4.69, 9.17) is 5.73 Å². The van der Waals surface area contributed by atoms with Crippen molar-refractivity contribution < 1.29 is 0 Å². The van der Waals surface area contributed by atoms with Gasteiger partial charge < -0.3 is 5.73 Å². The van der Waals surface area contributed by atoms with E-state index in [-0.39, 0.29) is 5.54 Å². The molecule has 0 amide bonds. The van der Waals surface area contributed by atoms with Gasteiger partial charge in [-0.1, -0.05) is 58.8 Å². The third-order valence-electron chi connectivity index (χ3n) is 5.30. The standard InChI is InChI=1S/C18H38N2/c1-4-6-7-8-11-14-18(3,16-19)20-15-12-9-10-13-17(20)5-2/h17H,4-16,19H2,1-3H3. The number of hydrogen-bond acceptors (Lipinski definition) is 2. The quantitative estimate of drug-likeness (QED) is 0.620. The maximum absolute atomic E-state index is 6.21. The van der Waals surface area contributed by atoms with E-state index in [1.807, 2.05) is 0 Å². The largest absolute Gasteiger partial charge is 0.329 e. The Hall–Kier alpha value is -0.0800. The molecule has 1 rings (SSSR count). The van der Waals surface area contributed by atoms with Crippen molar-refractivity contribution in [2.45, 2.75) is 103 Å². The first-order valence-corrected chi connectivity index (χ1v) is 9.14. The van der Waals surface area contributed by atoms with E-state index in [0.29, 0.717) is 0 Å². The highest BCUT2D eigenvalue weighted by Crippen LogP contribution is 2.30. The molecule has 2 nitrogen and oxygen atoms in total. The highest BCUT2D eigenvalue weighted by molar-refractivity contribution is 4.92. The van der Waals surface area contributed by atoms with Gasteiger partial charge in [0.25, 0.3) is 0 Å². The summed E-state index contributed by atoms with van der Waals surface area (Å²) in [6, 6.07) is 0.765. The minimum atomic E-state index is 0.233. The molecule has 1 saturated heterocycles. The van der Waals surface area contributed by atoms with Crippen LogP contribution < -0.4 is 5.73 Å². The molecule has 1 fully saturated rings. The van der Waals surface area contributed by atoms with Crippen molar-refractivity contribution in [3.8, 4) is 0 Å². The summed E-state index contributed by atoms with van der Waals surface area (Å²) < 4.78 is 0. The molecule has 1 aliphatic rings. The number of nitrogens with two attached hydrogens (primary N) is 1. The second kappa shape index (κ2) is 9.78. The molecule has 20 heavy (non-hydrogen) atoms. The Morgan fingerprint density at radius 1 is 1.05 bits per heavy atom. The SMILES string of the molecule is CCCCCCCC(C)(CN)N1CCCCCC1CC. The minimum absolute atomic E-state index is 0.233. The summed E-state index contributed by atoms with van der Waals surface area (Å²) in [5, 5.41) is 0. The lowest BCUT2D eigenvalue weighted by Crippen LogP contribution is -2.55. The number of hydrogen-bond donors (Lipinski definition) is 1. The average Bonchev–Trinajstić information content (AvgIpc) is 2.72. The van der Waals surface area contributed by atoms with Crippen LogP contribution in [-0.4, -0.2) is 29.6 Å². The van der Waals surface area contributed by atoms with Gasteiger partial charge in [0.05, 0.1) is 0 Å². The number of rotatable bonds is 9. The van der Waals surface area contributed by atoms with Crippen molar-refractivity contribution in [2.24, 2.45) is 5.73 Å². The molecule has 2 unspecified atom stereocenters. The molecule has 0 spiro atoms. The molecule has 0 aromatic heterocycles. The summed E-state index contributed by atoms with van der Waals surface area (Å²) >= 11 is 0. The van der Waals surface area contributed by atoms with Gasteiger partial charge in [-0.3, -0.25) is 4.90 Å². The Balaban J connectivity index is 2.54. The Morgan fingerprint density at radius 3 is 2.45 bits per heavy atom. The van der Waals surface area contributed by atoms with E-state index < -0.39 is 0 Å². The van der Waals surface area contributed by atoms with Crippen molar-refractivity contribution in [2.75, 3.05) is 13.1 Å². The van der Waals surface area contributed by atoms with Gasteiger partial charge in [-0.15, -0.1) is 0 Å². The summed E-state index contributed by atoms with van der Waals surface area (Å²) in [5.74, 6) is 0. The van der Waals surface area contributed by atoms with Crippen LogP contribution in [0.4, 0.5) is 0 Å². The van der Waals surface area contributed by atoms with Crippen LogP contribution in [0.5, 0.6) is 0 Å². The molecule has 2 heteroatoms. The highest BCUT2D eigenvalue weighted by atomic mass is 15.2. The number of nitrogens with zero attached hydrogens (tertiary/aromatic N) is 1. The zero-order chi connectivity index (χ0) is 14.8. The monoisotopic (exact) mass is 282 g/mol. The van der Waals surface area contributed by atoms with Crippen LogP contribution in [0.15, 0.2) is 0 Å². The molecular formula is C18H38N2. The Labute approximate surface area is 127 Å². The van der Waals surface area contributed by atoms with Crippen LogP contribution in [0.25, 0.3) is 0 Å². The second-order valence-corrected chi connectivity index (χ2v) is 6.97. The lowest BCUT2D eigenvalue weighted by Gasteiger charge is -2.45.